The van der Waals surface area contributed by atoms with Crippen molar-refractivity contribution >= 4 is 23.3 Å². The number of pyridine rings is 1. The van der Waals surface area contributed by atoms with E-state index in [0.717, 1.165) is 48.4 Å². The van der Waals surface area contributed by atoms with Gasteiger partial charge >= 0.3 is 0 Å². The van der Waals surface area contributed by atoms with Crippen LogP contribution in [0.2, 0.25) is 5.02 Å². The lowest BCUT2D eigenvalue weighted by atomic mass is 9.95. The van der Waals surface area contributed by atoms with Crippen LogP contribution in [-0.2, 0) is 4.79 Å². The Morgan fingerprint density at radius 3 is 2.66 bits per heavy atom. The van der Waals surface area contributed by atoms with Crippen molar-refractivity contribution in [3.8, 4) is 22.8 Å². The highest BCUT2D eigenvalue weighted by atomic mass is 35.5. The fourth-order valence-electron chi connectivity index (χ4n) is 4.40. The summed E-state index contributed by atoms with van der Waals surface area (Å²) in [6.07, 6.45) is 3.26. The molecule has 1 amide bonds. The van der Waals surface area contributed by atoms with Crippen LogP contribution in [0.3, 0.4) is 0 Å². The largest absolute Gasteiger partial charge is 0.356 e. The molecule has 0 saturated carbocycles. The Hall–Kier alpha value is -3.71. The molecule has 1 N–H and O–H groups in total. The normalized spacial score (nSPS) is 15.1. The summed E-state index contributed by atoms with van der Waals surface area (Å²) in [5.74, 6) is 1.73. The van der Waals surface area contributed by atoms with Gasteiger partial charge in [0.15, 0.2) is 0 Å². The highest BCUT2D eigenvalue weighted by Crippen LogP contribution is 2.32. The average Bonchev–Trinajstić information content (AvgIpc) is 3.40. The molecule has 1 atom stereocenters. The molecule has 1 unspecified atom stereocenters. The molecule has 1 aliphatic rings. The van der Waals surface area contributed by atoms with Crippen LogP contribution >= 0.6 is 11.6 Å². The number of hydrogen-bond donors (Lipinski definition) is 1. The number of rotatable bonds is 6. The van der Waals surface area contributed by atoms with Crippen LogP contribution in [0.25, 0.3) is 22.8 Å². The number of benzene rings is 2. The first kappa shape index (κ1) is 23.1. The molecule has 2 aromatic heterocycles. The monoisotopic (exact) mass is 487 g/mol. The van der Waals surface area contributed by atoms with E-state index in [0.29, 0.717) is 16.7 Å². The quantitative estimate of drug-likeness (QED) is 0.384. The molecule has 7 nitrogen and oxygen atoms in total. The Kier molecular flexibility index (Phi) is 6.77. The third-order valence-electron chi connectivity index (χ3n) is 6.35. The second-order valence-electron chi connectivity index (χ2n) is 8.71. The summed E-state index contributed by atoms with van der Waals surface area (Å²) in [6, 6.07) is 21.1. The van der Waals surface area contributed by atoms with Crippen LogP contribution in [-0.4, -0.2) is 34.1 Å². The molecular formula is C27H26ClN5O2. The lowest BCUT2D eigenvalue weighted by molar-refractivity contribution is -0.126. The van der Waals surface area contributed by atoms with Crippen LogP contribution in [0.5, 0.6) is 0 Å². The maximum absolute atomic E-state index is 12.9. The zero-order valence-electron chi connectivity index (χ0n) is 19.4. The number of nitrogens with one attached hydrogen (secondary N) is 1. The fraction of sp³-hybridized carbons (Fsp3) is 0.259. The first-order valence-corrected chi connectivity index (χ1v) is 12.1. The van der Waals surface area contributed by atoms with Gasteiger partial charge in [-0.15, -0.1) is 0 Å². The van der Waals surface area contributed by atoms with Crippen molar-refractivity contribution in [3.63, 3.8) is 0 Å². The smallest absolute Gasteiger partial charge is 0.261 e. The van der Waals surface area contributed by atoms with E-state index in [9.17, 15) is 4.79 Å². The second kappa shape index (κ2) is 10.3. The van der Waals surface area contributed by atoms with E-state index in [1.54, 1.807) is 18.3 Å². The van der Waals surface area contributed by atoms with E-state index in [4.69, 9.17) is 16.1 Å². The van der Waals surface area contributed by atoms with Crippen LogP contribution in [0.4, 0.5) is 5.82 Å². The van der Waals surface area contributed by atoms with Crippen molar-refractivity contribution in [1.82, 2.24) is 20.4 Å². The topological polar surface area (TPSA) is 84.2 Å². The number of carbonyl (C=O) groups is 1. The summed E-state index contributed by atoms with van der Waals surface area (Å²) in [5, 5.41) is 7.91. The van der Waals surface area contributed by atoms with Gasteiger partial charge in [-0.1, -0.05) is 59.2 Å². The van der Waals surface area contributed by atoms with Crippen LogP contribution in [0, 0.1) is 5.92 Å². The number of halogens is 1. The third-order valence-corrected chi connectivity index (χ3v) is 6.58. The van der Waals surface area contributed by atoms with Crippen LogP contribution in [0.1, 0.15) is 31.4 Å². The number of amides is 1. The first-order valence-electron chi connectivity index (χ1n) is 11.7. The van der Waals surface area contributed by atoms with Gasteiger partial charge in [-0.3, -0.25) is 4.79 Å². The maximum atomic E-state index is 12.9. The predicted octanol–water partition coefficient (Wildman–Crippen LogP) is 5.55. The molecule has 0 bridgehead atoms. The Balaban J connectivity index is 1.26. The van der Waals surface area contributed by atoms with Crippen molar-refractivity contribution in [2.24, 2.45) is 5.92 Å². The van der Waals surface area contributed by atoms with E-state index in [1.807, 2.05) is 61.5 Å². The predicted molar refractivity (Wildman–Crippen MR) is 136 cm³/mol. The Bertz CT molecular complexity index is 1300. The van der Waals surface area contributed by atoms with Gasteiger partial charge in [0.05, 0.1) is 11.6 Å². The molecule has 1 fully saturated rings. The van der Waals surface area contributed by atoms with Crippen LogP contribution < -0.4 is 10.2 Å². The number of hydrogen-bond acceptors (Lipinski definition) is 6. The molecule has 1 aliphatic heterocycles. The third kappa shape index (κ3) is 5.20. The molecule has 2 aromatic carbocycles. The van der Waals surface area contributed by atoms with Crippen molar-refractivity contribution in [2.45, 2.75) is 25.8 Å². The minimum atomic E-state index is -0.0255. The van der Waals surface area contributed by atoms with Crippen LogP contribution in [0.15, 0.2) is 77.4 Å². The number of nitrogens with zero attached hydrogens (tertiary/aromatic N) is 4. The van der Waals surface area contributed by atoms with Crippen molar-refractivity contribution in [1.29, 1.82) is 0 Å². The summed E-state index contributed by atoms with van der Waals surface area (Å²) in [5.41, 5.74) is 2.66. The molecule has 0 radical (unpaired) electrons. The van der Waals surface area contributed by atoms with Gasteiger partial charge in [0, 0.05) is 35.8 Å². The molecule has 4 aromatic rings. The Morgan fingerprint density at radius 2 is 1.89 bits per heavy atom. The molecular weight excluding hydrogens is 462 g/mol. The Labute approximate surface area is 209 Å². The van der Waals surface area contributed by atoms with Gasteiger partial charge < -0.3 is 14.7 Å². The molecule has 178 valence electrons. The number of anilines is 1. The minimum Gasteiger partial charge on any atom is -0.356 e. The number of piperidine rings is 1. The Morgan fingerprint density at radius 1 is 1.09 bits per heavy atom. The summed E-state index contributed by atoms with van der Waals surface area (Å²) in [4.78, 5) is 24.3. The molecule has 5 rings (SSSR count). The standard InChI is InChI=1S/C27H26ClN5O2/c1-18(19-7-3-2-4-8-19)30-26(34)20-12-15-33(16-13-20)25-23(11-6-14-29-25)27-31-24(32-35-27)21-9-5-10-22(28)17-21/h2-11,14,17-18,20H,12-13,15-16H2,1H3,(H,30,34). The zero-order valence-corrected chi connectivity index (χ0v) is 20.2. The summed E-state index contributed by atoms with van der Waals surface area (Å²) in [6.45, 7) is 3.46. The minimum absolute atomic E-state index is 0.0182. The molecule has 0 spiro atoms. The summed E-state index contributed by atoms with van der Waals surface area (Å²) >= 11 is 6.11. The summed E-state index contributed by atoms with van der Waals surface area (Å²) in [7, 11) is 0. The fourth-order valence-corrected chi connectivity index (χ4v) is 4.59. The van der Waals surface area contributed by atoms with Gasteiger partial charge in [0.2, 0.25) is 11.7 Å². The molecule has 8 heteroatoms. The van der Waals surface area contributed by atoms with E-state index < -0.39 is 0 Å². The van der Waals surface area contributed by atoms with Gasteiger partial charge in [-0.05, 0) is 49.6 Å². The molecule has 1 saturated heterocycles. The highest BCUT2D eigenvalue weighted by Gasteiger charge is 2.28. The van der Waals surface area contributed by atoms with Crippen molar-refractivity contribution in [2.75, 3.05) is 18.0 Å². The molecule has 35 heavy (non-hydrogen) atoms. The first-order chi connectivity index (χ1) is 17.1. The van der Waals surface area contributed by atoms with Crippen molar-refractivity contribution in [3.05, 3.63) is 83.5 Å². The lowest BCUT2D eigenvalue weighted by Crippen LogP contribution is -2.41. The van der Waals surface area contributed by atoms with Gasteiger partial charge in [-0.2, -0.15) is 4.98 Å². The van der Waals surface area contributed by atoms with E-state index in [2.05, 4.69) is 25.3 Å². The average molecular weight is 488 g/mol. The van der Waals surface area contributed by atoms with E-state index >= 15 is 0 Å². The lowest BCUT2D eigenvalue weighted by Gasteiger charge is -2.33. The van der Waals surface area contributed by atoms with E-state index in [1.165, 1.54) is 0 Å². The second-order valence-corrected chi connectivity index (χ2v) is 9.15. The summed E-state index contributed by atoms with van der Waals surface area (Å²) < 4.78 is 5.59. The van der Waals surface area contributed by atoms with Gasteiger partial charge in [0.25, 0.3) is 5.89 Å². The molecule has 3 heterocycles. The van der Waals surface area contributed by atoms with Crippen molar-refractivity contribution < 1.29 is 9.32 Å². The molecule has 0 aliphatic carbocycles. The van der Waals surface area contributed by atoms with Gasteiger partial charge in [-0.25, -0.2) is 4.98 Å². The van der Waals surface area contributed by atoms with E-state index in [-0.39, 0.29) is 17.9 Å². The SMILES string of the molecule is CC(NC(=O)C1CCN(c2ncccc2-c2nc(-c3cccc(Cl)c3)no2)CC1)c1ccccc1. The zero-order chi connectivity index (χ0) is 24.2. The highest BCUT2D eigenvalue weighted by molar-refractivity contribution is 6.30. The van der Waals surface area contributed by atoms with Gasteiger partial charge in [0.1, 0.15) is 5.82 Å². The number of carbonyl (C=O) groups excluding carboxylic acids is 1. The number of aromatic nitrogens is 3. The maximum Gasteiger partial charge on any atom is 0.261 e.